The number of hydrogen-bond donors (Lipinski definition) is 1. The highest BCUT2D eigenvalue weighted by molar-refractivity contribution is 5.80. The Kier molecular flexibility index (Phi) is 3.36. The van der Waals surface area contributed by atoms with Crippen molar-refractivity contribution in [3.63, 3.8) is 0 Å². The summed E-state index contributed by atoms with van der Waals surface area (Å²) < 4.78 is 0. The summed E-state index contributed by atoms with van der Waals surface area (Å²) in [5, 5.41) is 2.87. The summed E-state index contributed by atoms with van der Waals surface area (Å²) in [6, 6.07) is 6.65. The van der Waals surface area contributed by atoms with Crippen molar-refractivity contribution in [1.82, 2.24) is 10.2 Å². The number of carbonyl (C=O) groups is 1. The fraction of sp³-hybridized carbons (Fsp3) is 0.389. The van der Waals surface area contributed by atoms with E-state index in [4.69, 9.17) is 0 Å². The van der Waals surface area contributed by atoms with Crippen molar-refractivity contribution in [3.8, 4) is 0 Å². The summed E-state index contributed by atoms with van der Waals surface area (Å²) in [5.74, 6) is 0.548. The minimum atomic E-state index is 0.0708. The molecule has 1 fully saturated rings. The number of piperidine rings is 1. The Hall–Kier alpha value is -2.03. The monoisotopic (exact) mass is 282 g/mol. The fourth-order valence-corrected chi connectivity index (χ4v) is 3.42. The molecule has 0 bridgehead atoms. The first-order chi connectivity index (χ1) is 9.99. The third kappa shape index (κ3) is 2.27. The largest absolute Gasteiger partial charge is 0.359 e. The van der Waals surface area contributed by atoms with Crippen molar-refractivity contribution in [3.05, 3.63) is 53.7 Å². The van der Waals surface area contributed by atoms with Crippen molar-refractivity contribution >= 4 is 11.6 Å². The molecular formula is C18H22N2O. The van der Waals surface area contributed by atoms with E-state index in [1.807, 2.05) is 0 Å². The van der Waals surface area contributed by atoms with E-state index in [0.29, 0.717) is 12.3 Å². The van der Waals surface area contributed by atoms with Gasteiger partial charge in [-0.15, -0.1) is 0 Å². The van der Waals surface area contributed by atoms with Crippen LogP contribution >= 0.6 is 0 Å². The second-order valence-electron chi connectivity index (χ2n) is 6.24. The van der Waals surface area contributed by atoms with Gasteiger partial charge in [0.1, 0.15) is 0 Å². The minimum Gasteiger partial charge on any atom is -0.359 e. The van der Waals surface area contributed by atoms with Crippen LogP contribution < -0.4 is 5.32 Å². The standard InChI is InChI=1S/C18H22N2O/c1-11(2)15-7-5-6-14-10-20(13(4)18(14)15)16-8-9-17(21)19-12(16)3/h5-7,11,16H,3-4,8-10H2,1-2H3,(H,19,21). The van der Waals surface area contributed by atoms with E-state index >= 15 is 0 Å². The SMILES string of the molecule is C=C1NC(=O)CCC1N1Cc2cccc(C(C)C)c2C1=C. The van der Waals surface area contributed by atoms with E-state index in [0.717, 1.165) is 24.4 Å². The van der Waals surface area contributed by atoms with Gasteiger partial charge in [0, 0.05) is 29.9 Å². The first kappa shape index (κ1) is 13.9. The van der Waals surface area contributed by atoms with Gasteiger partial charge in [-0.2, -0.15) is 0 Å². The lowest BCUT2D eigenvalue weighted by molar-refractivity contribution is -0.121. The average Bonchev–Trinajstić information content (AvgIpc) is 2.76. The lowest BCUT2D eigenvalue weighted by Crippen LogP contribution is -2.43. The molecule has 1 amide bonds. The molecule has 1 aromatic carbocycles. The first-order valence-electron chi connectivity index (χ1n) is 7.55. The van der Waals surface area contributed by atoms with Gasteiger partial charge in [-0.25, -0.2) is 0 Å². The van der Waals surface area contributed by atoms with E-state index in [2.05, 4.69) is 55.4 Å². The molecule has 1 N–H and O–H groups in total. The lowest BCUT2D eigenvalue weighted by atomic mass is 9.93. The maximum absolute atomic E-state index is 11.5. The first-order valence-corrected chi connectivity index (χ1v) is 7.55. The highest BCUT2D eigenvalue weighted by Crippen LogP contribution is 2.40. The molecule has 1 aromatic rings. The number of nitrogens with one attached hydrogen (secondary N) is 1. The Morgan fingerprint density at radius 2 is 2.10 bits per heavy atom. The number of amides is 1. The summed E-state index contributed by atoms with van der Waals surface area (Å²) in [7, 11) is 0. The molecule has 2 heterocycles. The van der Waals surface area contributed by atoms with Gasteiger partial charge in [-0.1, -0.05) is 45.2 Å². The van der Waals surface area contributed by atoms with Crippen LogP contribution in [0.25, 0.3) is 5.70 Å². The summed E-state index contributed by atoms with van der Waals surface area (Å²) in [6.45, 7) is 13.6. The molecule has 1 atom stereocenters. The molecule has 3 nitrogen and oxygen atoms in total. The van der Waals surface area contributed by atoms with E-state index in [9.17, 15) is 4.79 Å². The number of benzene rings is 1. The van der Waals surface area contributed by atoms with Crippen molar-refractivity contribution in [1.29, 1.82) is 0 Å². The molecule has 0 aliphatic carbocycles. The summed E-state index contributed by atoms with van der Waals surface area (Å²) in [5.41, 5.74) is 5.83. The Bertz CT molecular complexity index is 630. The van der Waals surface area contributed by atoms with Crippen molar-refractivity contribution in [2.24, 2.45) is 0 Å². The van der Waals surface area contributed by atoms with Crippen LogP contribution in [0.5, 0.6) is 0 Å². The third-order valence-electron chi connectivity index (χ3n) is 4.50. The van der Waals surface area contributed by atoms with E-state index < -0.39 is 0 Å². The predicted molar refractivity (Wildman–Crippen MR) is 85.4 cm³/mol. The molecule has 3 rings (SSSR count). The smallest absolute Gasteiger partial charge is 0.224 e. The molecule has 110 valence electrons. The van der Waals surface area contributed by atoms with Crippen LogP contribution in [0.15, 0.2) is 37.1 Å². The van der Waals surface area contributed by atoms with Crippen molar-refractivity contribution < 1.29 is 4.79 Å². The number of carbonyl (C=O) groups excluding carboxylic acids is 1. The van der Waals surface area contributed by atoms with E-state index in [1.54, 1.807) is 0 Å². The molecule has 0 aromatic heterocycles. The van der Waals surface area contributed by atoms with Crippen molar-refractivity contribution in [2.45, 2.75) is 45.2 Å². The molecule has 2 aliphatic heterocycles. The van der Waals surface area contributed by atoms with Crippen LogP contribution in [0.2, 0.25) is 0 Å². The van der Waals surface area contributed by atoms with Crippen LogP contribution in [0.3, 0.4) is 0 Å². The molecule has 0 radical (unpaired) electrons. The van der Waals surface area contributed by atoms with Crippen LogP contribution in [0.1, 0.15) is 49.3 Å². The highest BCUT2D eigenvalue weighted by Gasteiger charge is 2.34. The zero-order chi connectivity index (χ0) is 15.1. The average molecular weight is 282 g/mol. The zero-order valence-corrected chi connectivity index (χ0v) is 12.8. The number of hydrogen-bond acceptors (Lipinski definition) is 2. The van der Waals surface area contributed by atoms with E-state index in [1.165, 1.54) is 16.7 Å². The maximum atomic E-state index is 11.5. The van der Waals surface area contributed by atoms with Gasteiger partial charge in [0.15, 0.2) is 0 Å². The molecule has 3 heteroatoms. The van der Waals surface area contributed by atoms with Crippen LogP contribution in [0, 0.1) is 0 Å². The molecule has 21 heavy (non-hydrogen) atoms. The predicted octanol–water partition coefficient (Wildman–Crippen LogP) is 3.39. The summed E-state index contributed by atoms with van der Waals surface area (Å²) >= 11 is 0. The fourth-order valence-electron chi connectivity index (χ4n) is 3.42. The van der Waals surface area contributed by atoms with Crippen LogP contribution in [0.4, 0.5) is 0 Å². The van der Waals surface area contributed by atoms with Gasteiger partial charge < -0.3 is 10.2 Å². The van der Waals surface area contributed by atoms with Gasteiger partial charge in [-0.05, 0) is 23.5 Å². The van der Waals surface area contributed by atoms with Crippen LogP contribution in [-0.4, -0.2) is 16.8 Å². The topological polar surface area (TPSA) is 32.3 Å². The quantitative estimate of drug-likeness (QED) is 0.901. The second kappa shape index (κ2) is 5.06. The Labute approximate surface area is 126 Å². The molecular weight excluding hydrogens is 260 g/mol. The zero-order valence-electron chi connectivity index (χ0n) is 12.8. The number of fused-ring (bicyclic) bond motifs is 1. The maximum Gasteiger partial charge on any atom is 0.224 e. The highest BCUT2D eigenvalue weighted by atomic mass is 16.1. The van der Waals surface area contributed by atoms with E-state index in [-0.39, 0.29) is 11.9 Å². The minimum absolute atomic E-state index is 0.0708. The Morgan fingerprint density at radius 1 is 1.33 bits per heavy atom. The number of rotatable bonds is 2. The Morgan fingerprint density at radius 3 is 2.76 bits per heavy atom. The van der Waals surface area contributed by atoms with Gasteiger partial charge in [0.2, 0.25) is 5.91 Å². The molecule has 1 unspecified atom stereocenters. The lowest BCUT2D eigenvalue weighted by Gasteiger charge is -2.35. The molecule has 2 aliphatic rings. The van der Waals surface area contributed by atoms with Crippen molar-refractivity contribution in [2.75, 3.05) is 0 Å². The van der Waals surface area contributed by atoms with Gasteiger partial charge in [-0.3, -0.25) is 4.79 Å². The van der Waals surface area contributed by atoms with Gasteiger partial charge in [0.25, 0.3) is 0 Å². The van der Waals surface area contributed by atoms with Crippen LogP contribution in [-0.2, 0) is 11.3 Å². The van der Waals surface area contributed by atoms with Gasteiger partial charge in [0.05, 0.1) is 6.04 Å². The number of nitrogens with zero attached hydrogens (tertiary/aromatic N) is 1. The molecule has 1 saturated heterocycles. The third-order valence-corrected chi connectivity index (χ3v) is 4.50. The Balaban J connectivity index is 1.92. The molecule has 0 spiro atoms. The second-order valence-corrected chi connectivity index (χ2v) is 6.24. The molecule has 0 saturated carbocycles. The van der Waals surface area contributed by atoms with Gasteiger partial charge >= 0.3 is 0 Å². The summed E-state index contributed by atoms with van der Waals surface area (Å²) in [4.78, 5) is 13.8. The normalized spacial score (nSPS) is 21.8. The summed E-state index contributed by atoms with van der Waals surface area (Å²) in [6.07, 6.45) is 1.37.